The van der Waals surface area contributed by atoms with Gasteiger partial charge in [0.2, 0.25) is 18.6 Å². The van der Waals surface area contributed by atoms with E-state index < -0.39 is 0 Å². The van der Waals surface area contributed by atoms with Gasteiger partial charge in [-0.1, -0.05) is 11.8 Å². The molecule has 0 saturated carbocycles. The first-order valence-corrected chi connectivity index (χ1v) is 7.54. The third kappa shape index (κ3) is 2.87. The molecule has 2 heterocycles. The van der Waals surface area contributed by atoms with Crippen molar-refractivity contribution in [3.8, 4) is 23.0 Å². The van der Waals surface area contributed by atoms with E-state index in [4.69, 9.17) is 13.9 Å². The van der Waals surface area contributed by atoms with Crippen LogP contribution in [0.4, 0.5) is 0 Å². The molecule has 0 unspecified atom stereocenters. The molecule has 8 heteroatoms. The smallest absolute Gasteiger partial charge is 0.277 e. The van der Waals surface area contributed by atoms with Crippen LogP contribution in [0.2, 0.25) is 0 Å². The number of amides is 1. The number of rotatable bonds is 4. The van der Waals surface area contributed by atoms with Crippen LogP contribution in [0.25, 0.3) is 11.5 Å². The standard InChI is InChI=1S/C14H15N3O4S/c1-8(13(18)17(2)3)22-14-16-15-12(21-14)9-4-5-10-11(6-9)20-7-19-10/h4-6,8H,7H2,1-3H3/t8-/m0/s1. The lowest BCUT2D eigenvalue weighted by molar-refractivity contribution is -0.127. The highest BCUT2D eigenvalue weighted by Crippen LogP contribution is 2.36. The maximum absolute atomic E-state index is 11.8. The minimum absolute atomic E-state index is 0.00664. The van der Waals surface area contributed by atoms with E-state index in [0.29, 0.717) is 22.6 Å². The Morgan fingerprint density at radius 1 is 1.27 bits per heavy atom. The van der Waals surface area contributed by atoms with Gasteiger partial charge in [-0.2, -0.15) is 0 Å². The number of aromatic nitrogens is 2. The van der Waals surface area contributed by atoms with E-state index in [0.717, 1.165) is 5.56 Å². The van der Waals surface area contributed by atoms with E-state index in [1.165, 1.54) is 16.7 Å². The van der Waals surface area contributed by atoms with Crippen molar-refractivity contribution in [2.24, 2.45) is 0 Å². The average molecular weight is 321 g/mol. The summed E-state index contributed by atoms with van der Waals surface area (Å²) in [4.78, 5) is 13.4. The number of nitrogens with zero attached hydrogens (tertiary/aromatic N) is 3. The van der Waals surface area contributed by atoms with E-state index in [-0.39, 0.29) is 18.0 Å². The third-order valence-electron chi connectivity index (χ3n) is 3.09. The summed E-state index contributed by atoms with van der Waals surface area (Å²) >= 11 is 1.23. The minimum Gasteiger partial charge on any atom is -0.454 e. The molecule has 7 nitrogen and oxygen atoms in total. The van der Waals surface area contributed by atoms with Crippen molar-refractivity contribution in [2.75, 3.05) is 20.9 Å². The Hall–Kier alpha value is -2.22. The summed E-state index contributed by atoms with van der Waals surface area (Å²) in [6.45, 7) is 2.02. The van der Waals surface area contributed by atoms with Gasteiger partial charge in [0.1, 0.15) is 0 Å². The maximum Gasteiger partial charge on any atom is 0.277 e. The minimum atomic E-state index is -0.292. The van der Waals surface area contributed by atoms with Crippen molar-refractivity contribution < 1.29 is 18.7 Å². The molecule has 0 aliphatic carbocycles. The van der Waals surface area contributed by atoms with Crippen molar-refractivity contribution in [1.29, 1.82) is 0 Å². The van der Waals surface area contributed by atoms with Crippen molar-refractivity contribution in [2.45, 2.75) is 17.4 Å². The highest BCUT2D eigenvalue weighted by Gasteiger charge is 2.21. The van der Waals surface area contributed by atoms with Gasteiger partial charge in [0.15, 0.2) is 11.5 Å². The van der Waals surface area contributed by atoms with Crippen LogP contribution in [-0.4, -0.2) is 47.1 Å². The van der Waals surface area contributed by atoms with Crippen LogP contribution in [0.3, 0.4) is 0 Å². The molecule has 1 aromatic carbocycles. The van der Waals surface area contributed by atoms with Crippen LogP contribution in [0, 0.1) is 0 Å². The maximum atomic E-state index is 11.8. The van der Waals surface area contributed by atoms with Crippen molar-refractivity contribution in [3.05, 3.63) is 18.2 Å². The third-order valence-corrected chi connectivity index (χ3v) is 4.01. The molecule has 2 aromatic rings. The monoisotopic (exact) mass is 321 g/mol. The van der Waals surface area contributed by atoms with Crippen LogP contribution in [-0.2, 0) is 4.79 Å². The number of benzene rings is 1. The molecule has 1 aliphatic heterocycles. The summed E-state index contributed by atoms with van der Waals surface area (Å²) in [6, 6.07) is 5.41. The second-order valence-corrected chi connectivity index (χ2v) is 6.23. The molecule has 0 bridgehead atoms. The van der Waals surface area contributed by atoms with Gasteiger partial charge in [0.25, 0.3) is 5.22 Å². The van der Waals surface area contributed by atoms with Gasteiger partial charge in [0.05, 0.1) is 5.25 Å². The Bertz CT molecular complexity index is 701. The second kappa shape index (κ2) is 5.88. The normalized spacial score (nSPS) is 14.0. The number of thioether (sulfide) groups is 1. The Morgan fingerprint density at radius 3 is 2.82 bits per heavy atom. The Morgan fingerprint density at radius 2 is 2.05 bits per heavy atom. The zero-order valence-corrected chi connectivity index (χ0v) is 13.2. The predicted molar refractivity (Wildman–Crippen MR) is 79.9 cm³/mol. The molecule has 1 aromatic heterocycles. The van der Waals surface area contributed by atoms with Gasteiger partial charge in [-0.3, -0.25) is 4.79 Å². The second-order valence-electron chi connectivity index (χ2n) is 4.93. The van der Waals surface area contributed by atoms with Crippen LogP contribution >= 0.6 is 11.8 Å². The lowest BCUT2D eigenvalue weighted by Crippen LogP contribution is -2.29. The summed E-state index contributed by atoms with van der Waals surface area (Å²) in [6.07, 6.45) is 0. The number of ether oxygens (including phenoxy) is 2. The van der Waals surface area contributed by atoms with Gasteiger partial charge in [-0.05, 0) is 25.1 Å². The summed E-state index contributed by atoms with van der Waals surface area (Å²) in [5.74, 6) is 1.72. The first kappa shape index (κ1) is 14.7. The van der Waals surface area contributed by atoms with Gasteiger partial charge >= 0.3 is 0 Å². The molecule has 1 atom stereocenters. The number of hydrogen-bond acceptors (Lipinski definition) is 7. The fraction of sp³-hybridized carbons (Fsp3) is 0.357. The van der Waals surface area contributed by atoms with Gasteiger partial charge in [-0.25, -0.2) is 0 Å². The zero-order chi connectivity index (χ0) is 15.7. The summed E-state index contributed by atoms with van der Waals surface area (Å²) in [5.41, 5.74) is 0.746. The summed E-state index contributed by atoms with van der Waals surface area (Å²) in [7, 11) is 3.43. The highest BCUT2D eigenvalue weighted by atomic mass is 32.2. The molecular weight excluding hydrogens is 306 g/mol. The van der Waals surface area contributed by atoms with Crippen molar-refractivity contribution in [1.82, 2.24) is 15.1 Å². The van der Waals surface area contributed by atoms with Crippen molar-refractivity contribution >= 4 is 17.7 Å². The van der Waals surface area contributed by atoms with E-state index >= 15 is 0 Å². The first-order chi connectivity index (χ1) is 10.5. The van der Waals surface area contributed by atoms with Gasteiger partial charge in [0, 0.05) is 19.7 Å². The molecule has 116 valence electrons. The molecule has 0 fully saturated rings. The summed E-state index contributed by atoms with van der Waals surface area (Å²) in [5, 5.41) is 8.05. The molecule has 0 spiro atoms. The molecular formula is C14H15N3O4S. The molecule has 0 radical (unpaired) electrons. The van der Waals surface area contributed by atoms with E-state index in [1.807, 2.05) is 6.07 Å². The number of fused-ring (bicyclic) bond motifs is 1. The Labute approximate surface area is 131 Å². The molecule has 1 amide bonds. The molecule has 0 N–H and O–H groups in total. The first-order valence-electron chi connectivity index (χ1n) is 6.66. The van der Waals surface area contributed by atoms with Crippen molar-refractivity contribution in [3.63, 3.8) is 0 Å². The number of carbonyl (C=O) groups is 1. The van der Waals surface area contributed by atoms with Crippen LogP contribution in [0.15, 0.2) is 27.8 Å². The van der Waals surface area contributed by atoms with Crippen LogP contribution < -0.4 is 9.47 Å². The van der Waals surface area contributed by atoms with Gasteiger partial charge in [-0.15, -0.1) is 10.2 Å². The molecule has 0 saturated heterocycles. The average Bonchev–Trinajstić information content (AvgIpc) is 3.13. The number of carbonyl (C=O) groups excluding carboxylic acids is 1. The lowest BCUT2D eigenvalue weighted by Gasteiger charge is -2.14. The molecule has 22 heavy (non-hydrogen) atoms. The highest BCUT2D eigenvalue weighted by molar-refractivity contribution is 8.00. The SMILES string of the molecule is C[C@H](Sc1nnc(-c2ccc3c(c2)OCO3)o1)C(=O)N(C)C. The topological polar surface area (TPSA) is 77.7 Å². The van der Waals surface area contributed by atoms with E-state index in [1.54, 1.807) is 33.2 Å². The fourth-order valence-corrected chi connectivity index (χ4v) is 2.80. The zero-order valence-electron chi connectivity index (χ0n) is 12.4. The summed E-state index contributed by atoms with van der Waals surface area (Å²) < 4.78 is 16.2. The molecule has 3 rings (SSSR count). The molecule has 1 aliphatic rings. The van der Waals surface area contributed by atoms with E-state index in [9.17, 15) is 4.79 Å². The Kier molecular flexibility index (Phi) is 3.93. The van der Waals surface area contributed by atoms with E-state index in [2.05, 4.69) is 10.2 Å². The fourth-order valence-electron chi connectivity index (χ4n) is 1.97. The largest absolute Gasteiger partial charge is 0.454 e. The lowest BCUT2D eigenvalue weighted by atomic mass is 10.2. The predicted octanol–water partition coefficient (Wildman–Crippen LogP) is 2.03. The Balaban J connectivity index is 1.75. The quantitative estimate of drug-likeness (QED) is 0.797. The van der Waals surface area contributed by atoms with Crippen LogP contribution in [0.5, 0.6) is 11.5 Å². The van der Waals surface area contributed by atoms with Crippen LogP contribution in [0.1, 0.15) is 6.92 Å². The number of hydrogen-bond donors (Lipinski definition) is 0. The van der Waals surface area contributed by atoms with Gasteiger partial charge < -0.3 is 18.8 Å².